The highest BCUT2D eigenvalue weighted by Gasteiger charge is 2.35. The first-order valence-electron chi connectivity index (χ1n) is 9.44. The number of benzene rings is 1. The van der Waals surface area contributed by atoms with Gasteiger partial charge in [-0.3, -0.25) is 14.4 Å². The van der Waals surface area contributed by atoms with E-state index in [1.165, 1.54) is 0 Å². The van der Waals surface area contributed by atoms with Crippen LogP contribution in [0, 0.1) is 11.8 Å². The van der Waals surface area contributed by atoms with Crippen molar-refractivity contribution in [3.63, 3.8) is 0 Å². The van der Waals surface area contributed by atoms with Gasteiger partial charge in [0.25, 0.3) is 0 Å². The maximum atomic E-state index is 12.7. The Bertz CT molecular complexity index is 732. The molecule has 0 aromatic heterocycles. The summed E-state index contributed by atoms with van der Waals surface area (Å²) in [5, 5.41) is -0.751. The van der Waals surface area contributed by atoms with Gasteiger partial charge in [0.15, 0.2) is 0 Å². The van der Waals surface area contributed by atoms with Crippen LogP contribution in [0.1, 0.15) is 39.7 Å². The highest BCUT2D eigenvalue weighted by molar-refractivity contribution is 8.15. The summed E-state index contributed by atoms with van der Waals surface area (Å²) >= 11 is 4.82. The van der Waals surface area contributed by atoms with Crippen LogP contribution < -0.4 is 0 Å². The lowest BCUT2D eigenvalue weighted by Crippen LogP contribution is -2.34. The van der Waals surface area contributed by atoms with E-state index in [4.69, 9.17) is 14.2 Å². The molecule has 0 heterocycles. The summed E-state index contributed by atoms with van der Waals surface area (Å²) in [5.74, 6) is -2.27. The third-order valence-corrected chi connectivity index (χ3v) is 5.53. The molecule has 0 N–H and O–H groups in total. The molecule has 0 aliphatic rings. The van der Waals surface area contributed by atoms with Gasteiger partial charge in [-0.25, -0.2) is 4.79 Å². The highest BCUT2D eigenvalue weighted by atomic mass is 32.2. The second-order valence-electron chi connectivity index (χ2n) is 7.34. The number of hydrogen-bond donors (Lipinski definition) is 1. The Kier molecular flexibility index (Phi) is 11.0. The molecular formula is C21H28O7S2. The van der Waals surface area contributed by atoms with Crippen LogP contribution in [0.4, 0.5) is 4.79 Å². The van der Waals surface area contributed by atoms with Gasteiger partial charge in [-0.05, 0) is 31.2 Å². The first-order chi connectivity index (χ1) is 14.1. The predicted octanol–water partition coefficient (Wildman–Crippen LogP) is 4.04. The zero-order chi connectivity index (χ0) is 22.7. The zero-order valence-corrected chi connectivity index (χ0v) is 19.3. The lowest BCUT2D eigenvalue weighted by atomic mass is 9.97. The van der Waals surface area contributed by atoms with Gasteiger partial charge in [0, 0.05) is 12.2 Å². The van der Waals surface area contributed by atoms with Crippen LogP contribution in [0.5, 0.6) is 0 Å². The van der Waals surface area contributed by atoms with Gasteiger partial charge in [-0.15, -0.1) is 0 Å². The van der Waals surface area contributed by atoms with Gasteiger partial charge >= 0.3 is 17.2 Å². The Balaban J connectivity index is 2.52. The molecule has 0 radical (unpaired) electrons. The van der Waals surface area contributed by atoms with Crippen molar-refractivity contribution >= 4 is 47.4 Å². The van der Waals surface area contributed by atoms with Gasteiger partial charge < -0.3 is 14.2 Å². The van der Waals surface area contributed by atoms with E-state index in [-0.39, 0.29) is 30.5 Å². The number of thiol groups is 1. The molecule has 0 amide bonds. The van der Waals surface area contributed by atoms with Crippen LogP contribution in [0.15, 0.2) is 30.3 Å². The molecule has 0 unspecified atom stereocenters. The smallest absolute Gasteiger partial charge is 0.371 e. The predicted molar refractivity (Wildman–Crippen MR) is 117 cm³/mol. The largest absolute Gasteiger partial charge is 0.461 e. The van der Waals surface area contributed by atoms with Crippen LogP contribution in [0.25, 0.3) is 0 Å². The highest BCUT2D eigenvalue weighted by Crippen LogP contribution is 2.30. The number of thioether (sulfide) groups is 1. The number of hydrogen-bond acceptors (Lipinski definition) is 9. The Labute approximate surface area is 186 Å². The van der Waals surface area contributed by atoms with E-state index in [0.29, 0.717) is 11.8 Å². The summed E-state index contributed by atoms with van der Waals surface area (Å²) in [7, 11) is 0. The molecule has 1 rings (SSSR count). The van der Waals surface area contributed by atoms with Crippen molar-refractivity contribution in [1.82, 2.24) is 0 Å². The van der Waals surface area contributed by atoms with Crippen molar-refractivity contribution in [2.45, 2.75) is 45.5 Å². The molecule has 1 aromatic carbocycles. The lowest BCUT2D eigenvalue weighted by Gasteiger charge is -2.23. The Hall–Kier alpha value is -2.00. The topological polar surface area (TPSA) is 96.0 Å². The van der Waals surface area contributed by atoms with Gasteiger partial charge in [-0.2, -0.15) is 12.6 Å². The van der Waals surface area contributed by atoms with Gasteiger partial charge in [0.1, 0.15) is 12.4 Å². The van der Waals surface area contributed by atoms with Gasteiger partial charge in [-0.1, -0.05) is 44.2 Å². The van der Waals surface area contributed by atoms with E-state index >= 15 is 0 Å². The van der Waals surface area contributed by atoms with Crippen LogP contribution >= 0.6 is 24.4 Å². The molecule has 1 aromatic rings. The molecule has 0 saturated heterocycles. The average molecular weight is 457 g/mol. The molecule has 0 fully saturated rings. The number of rotatable bonds is 11. The minimum Gasteiger partial charge on any atom is -0.461 e. The summed E-state index contributed by atoms with van der Waals surface area (Å²) in [4.78, 5) is 48.3. The number of ether oxygens (including phenoxy) is 3. The molecule has 30 heavy (non-hydrogen) atoms. The number of Topliss-reactive ketones (excluding diaryl/α,β-unsaturated/α-hetero) is 1. The summed E-state index contributed by atoms with van der Waals surface area (Å²) in [6.45, 7) is 6.03. The second kappa shape index (κ2) is 12.6. The molecule has 0 bridgehead atoms. The normalized spacial score (nSPS) is 12.2. The van der Waals surface area contributed by atoms with Crippen LogP contribution in [-0.2, 0) is 35.2 Å². The van der Waals surface area contributed by atoms with Crippen molar-refractivity contribution < 1.29 is 33.4 Å². The summed E-state index contributed by atoms with van der Waals surface area (Å²) < 4.78 is 13.8. The Morgan fingerprint density at radius 2 is 1.63 bits per heavy atom. The monoisotopic (exact) mass is 456 g/mol. The first kappa shape index (κ1) is 26.0. The van der Waals surface area contributed by atoms with E-state index in [2.05, 4.69) is 12.6 Å². The van der Waals surface area contributed by atoms with Gasteiger partial charge in [0.05, 0.1) is 16.6 Å². The zero-order valence-electron chi connectivity index (χ0n) is 17.6. The second-order valence-corrected chi connectivity index (χ2v) is 9.27. The summed E-state index contributed by atoms with van der Waals surface area (Å²) in [5.41, 5.74) is 0.840. The standard InChI is InChI=1S/C21H28O7S2/c1-14(2)18(23)27-13-28-20(25)30-21(3,4)17(22)10-16(12-29)19(24)26-11-15-8-6-5-7-9-15/h5-9,14,16,29H,10-13H2,1-4H3/t16-/m0/s1. The average Bonchev–Trinajstić information content (AvgIpc) is 2.70. The van der Waals surface area contributed by atoms with E-state index in [9.17, 15) is 19.2 Å². The van der Waals surface area contributed by atoms with E-state index in [1.807, 2.05) is 30.3 Å². The molecule has 7 nitrogen and oxygen atoms in total. The van der Waals surface area contributed by atoms with Crippen molar-refractivity contribution in [2.75, 3.05) is 12.5 Å². The molecule has 0 spiro atoms. The molecule has 0 aliphatic heterocycles. The number of esters is 2. The quantitative estimate of drug-likeness (QED) is 0.303. The fraction of sp³-hybridized carbons (Fsp3) is 0.524. The third-order valence-electron chi connectivity index (χ3n) is 4.07. The van der Waals surface area contributed by atoms with Crippen LogP contribution in [0.2, 0.25) is 0 Å². The Morgan fingerprint density at radius 1 is 1.00 bits per heavy atom. The van der Waals surface area contributed by atoms with Gasteiger partial charge in [0.2, 0.25) is 6.79 Å². The van der Waals surface area contributed by atoms with Crippen molar-refractivity contribution in [2.24, 2.45) is 11.8 Å². The van der Waals surface area contributed by atoms with Crippen molar-refractivity contribution in [3.8, 4) is 0 Å². The van der Waals surface area contributed by atoms with E-state index in [0.717, 1.165) is 5.56 Å². The SMILES string of the molecule is CC(C)C(=O)OCOC(=O)SC(C)(C)C(=O)C[C@@H](CS)C(=O)OCc1ccccc1. The number of carbonyl (C=O) groups is 4. The van der Waals surface area contributed by atoms with Crippen LogP contribution in [-0.4, -0.2) is 40.3 Å². The first-order valence-corrected chi connectivity index (χ1v) is 10.9. The molecule has 166 valence electrons. The number of carbonyl (C=O) groups excluding carboxylic acids is 4. The minimum absolute atomic E-state index is 0.109. The summed E-state index contributed by atoms with van der Waals surface area (Å²) in [6, 6.07) is 9.20. The van der Waals surface area contributed by atoms with E-state index in [1.54, 1.807) is 27.7 Å². The third kappa shape index (κ3) is 9.21. The fourth-order valence-electron chi connectivity index (χ4n) is 2.14. The maximum absolute atomic E-state index is 12.7. The maximum Gasteiger partial charge on any atom is 0.371 e. The molecule has 1 atom stereocenters. The summed E-state index contributed by atoms with van der Waals surface area (Å²) in [6.07, 6.45) is -0.118. The molecular weight excluding hydrogens is 428 g/mol. The molecule has 0 aliphatic carbocycles. The Morgan fingerprint density at radius 3 is 2.20 bits per heavy atom. The minimum atomic E-state index is -1.14. The van der Waals surface area contributed by atoms with E-state index < -0.39 is 34.7 Å². The molecule has 0 saturated carbocycles. The number of ketones is 1. The lowest BCUT2D eigenvalue weighted by molar-refractivity contribution is -0.155. The molecule has 9 heteroatoms. The van der Waals surface area contributed by atoms with Crippen molar-refractivity contribution in [1.29, 1.82) is 0 Å². The van der Waals surface area contributed by atoms with Crippen molar-refractivity contribution in [3.05, 3.63) is 35.9 Å². The van der Waals surface area contributed by atoms with Crippen LogP contribution in [0.3, 0.4) is 0 Å². The fourth-order valence-corrected chi connectivity index (χ4v) is 3.13.